The van der Waals surface area contributed by atoms with Crippen molar-refractivity contribution in [3.05, 3.63) is 77.6 Å². The molecule has 3 heterocycles. The van der Waals surface area contributed by atoms with Crippen molar-refractivity contribution < 1.29 is 23.0 Å². The average molecular weight is 422 g/mol. The van der Waals surface area contributed by atoms with Crippen LogP contribution in [-0.2, 0) is 6.54 Å². The van der Waals surface area contributed by atoms with Gasteiger partial charge in [0.05, 0.1) is 11.9 Å². The number of hydrogen-bond donors (Lipinski definition) is 1. The van der Waals surface area contributed by atoms with Crippen molar-refractivity contribution >= 4 is 11.6 Å². The van der Waals surface area contributed by atoms with Crippen LogP contribution in [0, 0.1) is 0 Å². The number of alkyl halides is 2. The number of benzene rings is 2. The van der Waals surface area contributed by atoms with E-state index in [1.807, 2.05) is 12.1 Å². The van der Waals surface area contributed by atoms with E-state index in [9.17, 15) is 13.6 Å². The second-order valence-electron chi connectivity index (χ2n) is 6.90. The van der Waals surface area contributed by atoms with Crippen LogP contribution in [0.15, 0.2) is 60.8 Å². The van der Waals surface area contributed by atoms with E-state index in [1.165, 1.54) is 12.3 Å². The fraction of sp³-hybridized carbons (Fsp3) is 0.136. The Kier molecular flexibility index (Phi) is 4.70. The minimum atomic E-state index is -2.78. The molecule has 1 aliphatic rings. The smallest absolute Gasteiger partial charge is 0.280 e. The first kappa shape index (κ1) is 19.0. The number of ether oxygens (including phenoxy) is 2. The minimum absolute atomic E-state index is 0.0693. The van der Waals surface area contributed by atoms with Crippen LogP contribution < -0.4 is 14.8 Å². The lowest BCUT2D eigenvalue weighted by Gasteiger charge is -2.09. The molecular formula is C22H16F2N4O3. The van der Waals surface area contributed by atoms with E-state index in [2.05, 4.69) is 15.4 Å². The van der Waals surface area contributed by atoms with Crippen LogP contribution >= 0.6 is 0 Å². The van der Waals surface area contributed by atoms with Crippen molar-refractivity contribution in [3.8, 4) is 22.8 Å². The highest BCUT2D eigenvalue weighted by molar-refractivity contribution is 5.99. The Bertz CT molecular complexity index is 1270. The van der Waals surface area contributed by atoms with Crippen molar-refractivity contribution in [1.29, 1.82) is 0 Å². The van der Waals surface area contributed by atoms with Crippen molar-refractivity contribution in [1.82, 2.24) is 19.9 Å². The maximum atomic E-state index is 13.7. The highest BCUT2D eigenvalue weighted by Crippen LogP contribution is 2.32. The van der Waals surface area contributed by atoms with Crippen LogP contribution in [0.5, 0.6) is 11.5 Å². The molecule has 5 rings (SSSR count). The Morgan fingerprint density at radius 1 is 1.10 bits per heavy atom. The summed E-state index contributed by atoms with van der Waals surface area (Å²) < 4.78 is 39.0. The SMILES string of the molecule is O=C(NCc1ccc2c(c1)OCO2)c1cnn2c(C(F)F)cc(-c3ccccc3)nc12. The van der Waals surface area contributed by atoms with Crippen molar-refractivity contribution in [2.24, 2.45) is 0 Å². The number of rotatable bonds is 5. The Balaban J connectivity index is 1.46. The highest BCUT2D eigenvalue weighted by Gasteiger charge is 2.22. The van der Waals surface area contributed by atoms with Gasteiger partial charge in [-0.15, -0.1) is 0 Å². The molecule has 1 aliphatic heterocycles. The van der Waals surface area contributed by atoms with Crippen molar-refractivity contribution in [2.75, 3.05) is 6.79 Å². The van der Waals surface area contributed by atoms with Gasteiger partial charge in [-0.25, -0.2) is 18.3 Å². The van der Waals surface area contributed by atoms with Gasteiger partial charge >= 0.3 is 0 Å². The third-order valence-corrected chi connectivity index (χ3v) is 4.93. The molecule has 0 bridgehead atoms. The molecule has 4 aromatic rings. The van der Waals surface area contributed by atoms with Crippen LogP contribution in [0.4, 0.5) is 8.78 Å². The summed E-state index contributed by atoms with van der Waals surface area (Å²) in [7, 11) is 0. The molecule has 1 N–H and O–H groups in total. The van der Waals surface area contributed by atoms with Crippen molar-refractivity contribution in [2.45, 2.75) is 13.0 Å². The largest absolute Gasteiger partial charge is 0.454 e. The molecule has 9 heteroatoms. The Morgan fingerprint density at radius 3 is 2.71 bits per heavy atom. The van der Waals surface area contributed by atoms with E-state index >= 15 is 0 Å². The van der Waals surface area contributed by atoms with Gasteiger partial charge in [0.25, 0.3) is 12.3 Å². The normalized spacial score (nSPS) is 12.5. The predicted octanol–water partition coefficient (Wildman–Crippen LogP) is 3.99. The maximum Gasteiger partial charge on any atom is 0.280 e. The first-order valence-electron chi connectivity index (χ1n) is 9.49. The van der Waals surface area contributed by atoms with Gasteiger partial charge in [-0.3, -0.25) is 4.79 Å². The average Bonchev–Trinajstić information content (AvgIpc) is 3.43. The van der Waals surface area contributed by atoms with E-state index < -0.39 is 12.3 Å². The summed E-state index contributed by atoms with van der Waals surface area (Å²) >= 11 is 0. The van der Waals surface area contributed by atoms with Gasteiger partial charge < -0.3 is 14.8 Å². The molecule has 156 valence electrons. The zero-order valence-electron chi connectivity index (χ0n) is 16.1. The minimum Gasteiger partial charge on any atom is -0.454 e. The monoisotopic (exact) mass is 422 g/mol. The van der Waals surface area contributed by atoms with Gasteiger partial charge in [0.2, 0.25) is 6.79 Å². The zero-order valence-corrected chi connectivity index (χ0v) is 16.1. The Hall–Kier alpha value is -4.01. The first-order valence-corrected chi connectivity index (χ1v) is 9.49. The van der Waals surface area contributed by atoms with Gasteiger partial charge in [0.1, 0.15) is 11.3 Å². The molecule has 0 spiro atoms. The number of nitrogens with one attached hydrogen (secondary N) is 1. The quantitative estimate of drug-likeness (QED) is 0.526. The summed E-state index contributed by atoms with van der Waals surface area (Å²) in [6, 6.07) is 15.6. The number of halogens is 2. The van der Waals surface area contributed by atoms with Crippen molar-refractivity contribution in [3.63, 3.8) is 0 Å². The highest BCUT2D eigenvalue weighted by atomic mass is 19.3. The number of fused-ring (bicyclic) bond motifs is 2. The van der Waals surface area contributed by atoms with Crippen LogP contribution in [0.25, 0.3) is 16.9 Å². The third kappa shape index (κ3) is 3.54. The number of hydrogen-bond acceptors (Lipinski definition) is 5. The molecular weight excluding hydrogens is 406 g/mol. The lowest BCUT2D eigenvalue weighted by atomic mass is 10.1. The molecule has 0 radical (unpaired) electrons. The number of carbonyl (C=O) groups is 1. The molecule has 0 fully saturated rings. The van der Waals surface area contributed by atoms with Gasteiger partial charge in [-0.1, -0.05) is 36.4 Å². The molecule has 2 aromatic heterocycles. The van der Waals surface area contributed by atoms with Crippen LogP contribution in [0.3, 0.4) is 0 Å². The fourth-order valence-electron chi connectivity index (χ4n) is 3.39. The summed E-state index contributed by atoms with van der Waals surface area (Å²) in [6.07, 6.45) is -1.53. The van der Waals surface area contributed by atoms with E-state index in [4.69, 9.17) is 9.47 Å². The summed E-state index contributed by atoms with van der Waals surface area (Å²) in [6.45, 7) is 0.377. The Labute approximate surface area is 175 Å². The molecule has 31 heavy (non-hydrogen) atoms. The summed E-state index contributed by atoms with van der Waals surface area (Å²) in [5.74, 6) is 0.791. The standard InChI is InChI=1S/C22H16F2N4O3/c23-20(24)17-9-16(14-4-2-1-3-5-14)27-21-15(11-26-28(17)21)22(29)25-10-13-6-7-18-19(8-13)31-12-30-18/h1-9,11,20H,10,12H2,(H,25,29). The Morgan fingerprint density at radius 2 is 1.90 bits per heavy atom. The van der Waals surface area contributed by atoms with E-state index in [0.717, 1.165) is 10.1 Å². The predicted molar refractivity (Wildman–Crippen MR) is 107 cm³/mol. The van der Waals surface area contributed by atoms with Crippen LogP contribution in [0.2, 0.25) is 0 Å². The summed E-state index contributed by atoms with van der Waals surface area (Å²) in [4.78, 5) is 17.2. The molecule has 0 saturated carbocycles. The van der Waals surface area contributed by atoms with Crippen LogP contribution in [0.1, 0.15) is 28.0 Å². The molecule has 0 aliphatic carbocycles. The molecule has 1 amide bonds. The number of amides is 1. The van der Waals surface area contributed by atoms with E-state index in [0.29, 0.717) is 22.8 Å². The summed E-state index contributed by atoms with van der Waals surface area (Å²) in [5.41, 5.74) is 1.66. The number of nitrogens with zero attached hydrogens (tertiary/aromatic N) is 3. The number of carbonyl (C=O) groups excluding carboxylic acids is 1. The molecule has 0 unspecified atom stereocenters. The lowest BCUT2D eigenvalue weighted by Crippen LogP contribution is -2.23. The summed E-state index contributed by atoms with van der Waals surface area (Å²) in [5, 5.41) is 6.75. The molecule has 7 nitrogen and oxygen atoms in total. The zero-order chi connectivity index (χ0) is 21.4. The third-order valence-electron chi connectivity index (χ3n) is 4.93. The van der Waals surface area contributed by atoms with Crippen LogP contribution in [-0.4, -0.2) is 27.3 Å². The molecule has 0 atom stereocenters. The first-order chi connectivity index (χ1) is 15.1. The topological polar surface area (TPSA) is 77.8 Å². The van der Waals surface area contributed by atoms with Gasteiger partial charge in [0, 0.05) is 12.1 Å². The maximum absolute atomic E-state index is 13.7. The molecule has 0 saturated heterocycles. The van der Waals surface area contributed by atoms with E-state index in [-0.39, 0.29) is 30.2 Å². The second kappa shape index (κ2) is 7.67. The van der Waals surface area contributed by atoms with E-state index in [1.54, 1.807) is 36.4 Å². The lowest BCUT2D eigenvalue weighted by molar-refractivity contribution is 0.0952. The van der Waals surface area contributed by atoms with Gasteiger partial charge in [0.15, 0.2) is 17.1 Å². The fourth-order valence-corrected chi connectivity index (χ4v) is 3.39. The second-order valence-corrected chi connectivity index (χ2v) is 6.90. The molecule has 2 aromatic carbocycles. The van der Waals surface area contributed by atoms with Gasteiger partial charge in [-0.2, -0.15) is 5.10 Å². The van der Waals surface area contributed by atoms with Gasteiger partial charge in [-0.05, 0) is 23.8 Å². The number of aromatic nitrogens is 3.